The second-order valence-electron chi connectivity index (χ2n) is 4.20. The molecule has 2 nitrogen and oxygen atoms in total. The number of rotatable bonds is 6. The largest absolute Gasteiger partial charge is 0.493 e. The highest BCUT2D eigenvalue weighted by Gasteiger charge is 2.20. The molecule has 0 radical (unpaired) electrons. The average molecular weight is 285 g/mol. The first-order valence-electron chi connectivity index (χ1n) is 5.69. The van der Waals surface area contributed by atoms with Gasteiger partial charge in [-0.15, -0.1) is 0 Å². The maximum atomic E-state index is 5.78. The summed E-state index contributed by atoms with van der Waals surface area (Å²) < 4.78 is 11.1. The summed E-state index contributed by atoms with van der Waals surface area (Å²) in [6.07, 6.45) is 3.92. The van der Waals surface area contributed by atoms with Crippen molar-refractivity contribution in [3.05, 3.63) is 23.8 Å². The molecule has 1 aliphatic rings. The smallest absolute Gasteiger partial charge is 0.161 e. The summed E-state index contributed by atoms with van der Waals surface area (Å²) in [5, 5.41) is 0.843. The fourth-order valence-corrected chi connectivity index (χ4v) is 2.01. The summed E-state index contributed by atoms with van der Waals surface area (Å²) >= 11 is 3.44. The molecule has 0 bridgehead atoms. The average Bonchev–Trinajstić information content (AvgIpc) is 3.13. The number of methoxy groups -OCH3 is 1. The molecule has 3 heteroatoms. The normalized spacial score (nSPS) is 14.9. The van der Waals surface area contributed by atoms with Crippen molar-refractivity contribution < 1.29 is 9.47 Å². The molecular weight excluding hydrogens is 268 g/mol. The predicted molar refractivity (Wildman–Crippen MR) is 68.5 cm³/mol. The quantitative estimate of drug-likeness (QED) is 0.741. The Morgan fingerprint density at radius 2 is 2.12 bits per heavy atom. The van der Waals surface area contributed by atoms with Crippen LogP contribution in [0.15, 0.2) is 18.2 Å². The van der Waals surface area contributed by atoms with Gasteiger partial charge in [0.25, 0.3) is 0 Å². The van der Waals surface area contributed by atoms with Crippen molar-refractivity contribution in [3.63, 3.8) is 0 Å². The number of alkyl halides is 1. The van der Waals surface area contributed by atoms with Gasteiger partial charge in [-0.2, -0.15) is 0 Å². The van der Waals surface area contributed by atoms with Crippen LogP contribution in [-0.2, 0) is 5.33 Å². The lowest BCUT2D eigenvalue weighted by atomic mass is 10.2. The Bertz CT molecular complexity index is 348. The van der Waals surface area contributed by atoms with Gasteiger partial charge in [0.15, 0.2) is 11.5 Å². The van der Waals surface area contributed by atoms with Crippen LogP contribution in [0.4, 0.5) is 0 Å². The molecule has 0 amide bonds. The highest BCUT2D eigenvalue weighted by atomic mass is 79.9. The van der Waals surface area contributed by atoms with Crippen molar-refractivity contribution in [1.82, 2.24) is 0 Å². The Labute approximate surface area is 105 Å². The summed E-state index contributed by atoms with van der Waals surface area (Å²) in [6.45, 7) is 0.798. The lowest BCUT2D eigenvalue weighted by molar-refractivity contribution is 0.283. The van der Waals surface area contributed by atoms with E-state index < -0.39 is 0 Å². The number of ether oxygens (including phenoxy) is 2. The molecule has 0 heterocycles. The van der Waals surface area contributed by atoms with Gasteiger partial charge in [0, 0.05) is 5.33 Å². The van der Waals surface area contributed by atoms with Crippen LogP contribution in [0.5, 0.6) is 11.5 Å². The highest BCUT2D eigenvalue weighted by Crippen LogP contribution is 2.33. The van der Waals surface area contributed by atoms with Gasteiger partial charge in [0.05, 0.1) is 13.7 Å². The molecule has 0 N–H and O–H groups in total. The standard InChI is InChI=1S/C13H17BrO2/c1-15-12-5-4-11(9-14)8-13(12)16-7-6-10-2-3-10/h4-5,8,10H,2-3,6-7,9H2,1H3. The van der Waals surface area contributed by atoms with Crippen LogP contribution in [0.25, 0.3) is 0 Å². The van der Waals surface area contributed by atoms with Crippen molar-refractivity contribution in [2.75, 3.05) is 13.7 Å². The van der Waals surface area contributed by atoms with E-state index in [2.05, 4.69) is 15.9 Å². The molecule has 2 rings (SSSR count). The summed E-state index contributed by atoms with van der Waals surface area (Å²) in [7, 11) is 1.68. The first kappa shape index (κ1) is 11.8. The zero-order valence-corrected chi connectivity index (χ0v) is 11.1. The molecule has 1 aliphatic carbocycles. The molecule has 0 atom stereocenters. The van der Waals surface area contributed by atoms with Gasteiger partial charge in [0.1, 0.15) is 0 Å². The van der Waals surface area contributed by atoms with Gasteiger partial charge >= 0.3 is 0 Å². The van der Waals surface area contributed by atoms with Gasteiger partial charge in [-0.1, -0.05) is 34.8 Å². The molecule has 0 unspecified atom stereocenters. The molecule has 1 aromatic carbocycles. The van der Waals surface area contributed by atoms with Gasteiger partial charge in [-0.05, 0) is 30.0 Å². The zero-order valence-electron chi connectivity index (χ0n) is 9.54. The van der Waals surface area contributed by atoms with Crippen molar-refractivity contribution in [2.45, 2.75) is 24.6 Å². The monoisotopic (exact) mass is 284 g/mol. The highest BCUT2D eigenvalue weighted by molar-refractivity contribution is 9.08. The SMILES string of the molecule is COc1ccc(CBr)cc1OCCC1CC1. The van der Waals surface area contributed by atoms with E-state index in [9.17, 15) is 0 Å². The summed E-state index contributed by atoms with van der Waals surface area (Å²) in [4.78, 5) is 0. The second kappa shape index (κ2) is 5.58. The van der Waals surface area contributed by atoms with E-state index in [1.54, 1.807) is 7.11 Å². The lowest BCUT2D eigenvalue weighted by Crippen LogP contribution is -2.00. The molecule has 1 aromatic rings. The number of hydrogen-bond acceptors (Lipinski definition) is 2. The lowest BCUT2D eigenvalue weighted by Gasteiger charge is -2.11. The Morgan fingerprint density at radius 3 is 2.75 bits per heavy atom. The summed E-state index contributed by atoms with van der Waals surface area (Å²) in [5.41, 5.74) is 1.21. The van der Waals surface area contributed by atoms with Crippen LogP contribution in [-0.4, -0.2) is 13.7 Å². The fraction of sp³-hybridized carbons (Fsp3) is 0.538. The first-order valence-corrected chi connectivity index (χ1v) is 6.81. The van der Waals surface area contributed by atoms with Gasteiger partial charge in [0.2, 0.25) is 0 Å². The minimum atomic E-state index is 0.798. The molecule has 16 heavy (non-hydrogen) atoms. The minimum absolute atomic E-state index is 0.798. The summed E-state index contributed by atoms with van der Waals surface area (Å²) in [6, 6.07) is 6.05. The van der Waals surface area contributed by atoms with Crippen molar-refractivity contribution in [1.29, 1.82) is 0 Å². The van der Waals surface area contributed by atoms with E-state index >= 15 is 0 Å². The van der Waals surface area contributed by atoms with Crippen LogP contribution in [0, 0.1) is 5.92 Å². The predicted octanol–water partition coefficient (Wildman–Crippen LogP) is 3.77. The number of benzene rings is 1. The van der Waals surface area contributed by atoms with E-state index in [1.165, 1.54) is 24.8 Å². The van der Waals surface area contributed by atoms with Gasteiger partial charge < -0.3 is 9.47 Å². The molecule has 0 saturated heterocycles. The van der Waals surface area contributed by atoms with E-state index in [1.807, 2.05) is 18.2 Å². The first-order chi connectivity index (χ1) is 7.83. The van der Waals surface area contributed by atoms with E-state index in [4.69, 9.17) is 9.47 Å². The van der Waals surface area contributed by atoms with E-state index in [-0.39, 0.29) is 0 Å². The third kappa shape index (κ3) is 3.14. The number of halogens is 1. The van der Waals surface area contributed by atoms with E-state index in [0.717, 1.165) is 29.4 Å². The fourth-order valence-electron chi connectivity index (χ4n) is 1.66. The van der Waals surface area contributed by atoms with Gasteiger partial charge in [-0.25, -0.2) is 0 Å². The Hall–Kier alpha value is -0.700. The van der Waals surface area contributed by atoms with Crippen LogP contribution >= 0.6 is 15.9 Å². The second-order valence-corrected chi connectivity index (χ2v) is 4.76. The van der Waals surface area contributed by atoms with Crippen LogP contribution < -0.4 is 9.47 Å². The topological polar surface area (TPSA) is 18.5 Å². The maximum Gasteiger partial charge on any atom is 0.161 e. The zero-order chi connectivity index (χ0) is 11.4. The van der Waals surface area contributed by atoms with Crippen molar-refractivity contribution in [2.24, 2.45) is 5.92 Å². The Balaban J connectivity index is 1.97. The van der Waals surface area contributed by atoms with Crippen molar-refractivity contribution >= 4 is 15.9 Å². The van der Waals surface area contributed by atoms with Crippen LogP contribution in [0.2, 0.25) is 0 Å². The van der Waals surface area contributed by atoms with Gasteiger partial charge in [-0.3, -0.25) is 0 Å². The van der Waals surface area contributed by atoms with Crippen LogP contribution in [0.1, 0.15) is 24.8 Å². The Kier molecular flexibility index (Phi) is 4.10. The minimum Gasteiger partial charge on any atom is -0.493 e. The number of hydrogen-bond donors (Lipinski definition) is 0. The maximum absolute atomic E-state index is 5.78. The molecule has 0 spiro atoms. The Morgan fingerprint density at radius 1 is 1.31 bits per heavy atom. The molecule has 0 aromatic heterocycles. The van der Waals surface area contributed by atoms with E-state index in [0.29, 0.717) is 0 Å². The molecule has 88 valence electrons. The molecular formula is C13H17BrO2. The third-order valence-corrected chi connectivity index (χ3v) is 3.51. The van der Waals surface area contributed by atoms with Crippen molar-refractivity contribution in [3.8, 4) is 11.5 Å². The summed E-state index contributed by atoms with van der Waals surface area (Å²) in [5.74, 6) is 2.59. The third-order valence-electron chi connectivity index (χ3n) is 2.86. The molecule has 1 saturated carbocycles. The molecule has 0 aliphatic heterocycles. The van der Waals surface area contributed by atoms with Crippen LogP contribution in [0.3, 0.4) is 0 Å². The molecule has 1 fully saturated rings.